The molecular formula is C12H17ClF3NO. The largest absolute Gasteiger partial charge is 0.573 e. The fraction of sp³-hybridized carbons (Fsp3) is 0.500. The van der Waals surface area contributed by atoms with E-state index in [1.165, 1.54) is 12.1 Å². The van der Waals surface area contributed by atoms with Crippen LogP contribution in [0, 0.1) is 0 Å². The molecule has 1 aromatic carbocycles. The van der Waals surface area contributed by atoms with E-state index in [-0.39, 0.29) is 18.2 Å². The fourth-order valence-electron chi connectivity index (χ4n) is 1.58. The van der Waals surface area contributed by atoms with Crippen LogP contribution in [-0.2, 0) is 0 Å². The van der Waals surface area contributed by atoms with Crippen LogP contribution in [0.2, 0.25) is 0 Å². The maximum Gasteiger partial charge on any atom is 0.573 e. The Kier molecular flexibility index (Phi) is 7.09. The van der Waals surface area contributed by atoms with Gasteiger partial charge in [-0.1, -0.05) is 38.0 Å². The topological polar surface area (TPSA) is 35.2 Å². The lowest BCUT2D eigenvalue weighted by molar-refractivity contribution is -0.275. The molecule has 6 heteroatoms. The smallest absolute Gasteiger partial charge is 0.405 e. The van der Waals surface area contributed by atoms with E-state index in [0.717, 1.165) is 12.8 Å². The Morgan fingerprint density at radius 3 is 2.44 bits per heavy atom. The third-order valence-electron chi connectivity index (χ3n) is 2.41. The summed E-state index contributed by atoms with van der Waals surface area (Å²) in [4.78, 5) is 0. The zero-order chi connectivity index (χ0) is 12.9. The molecule has 0 aliphatic rings. The zero-order valence-electron chi connectivity index (χ0n) is 10.0. The second-order valence-corrected chi connectivity index (χ2v) is 3.83. The molecule has 0 aromatic heterocycles. The summed E-state index contributed by atoms with van der Waals surface area (Å²) in [6.45, 7) is 2.00. The monoisotopic (exact) mass is 283 g/mol. The number of ether oxygens (including phenoxy) is 1. The van der Waals surface area contributed by atoms with E-state index in [0.29, 0.717) is 12.0 Å². The summed E-state index contributed by atoms with van der Waals surface area (Å²) in [6, 6.07) is 5.59. The third kappa shape index (κ3) is 5.60. The average molecular weight is 284 g/mol. The number of halogens is 4. The summed E-state index contributed by atoms with van der Waals surface area (Å²) in [5.41, 5.74) is 6.25. The predicted molar refractivity (Wildman–Crippen MR) is 66.8 cm³/mol. The molecule has 0 unspecified atom stereocenters. The molecule has 0 amide bonds. The van der Waals surface area contributed by atoms with Crippen molar-refractivity contribution in [2.24, 2.45) is 5.73 Å². The Morgan fingerprint density at radius 1 is 1.28 bits per heavy atom. The van der Waals surface area contributed by atoms with Crippen LogP contribution >= 0.6 is 12.4 Å². The third-order valence-corrected chi connectivity index (χ3v) is 2.41. The van der Waals surface area contributed by atoms with Gasteiger partial charge < -0.3 is 10.5 Å². The first-order valence-corrected chi connectivity index (χ1v) is 5.54. The Labute approximate surface area is 111 Å². The number of rotatable bonds is 5. The van der Waals surface area contributed by atoms with Gasteiger partial charge in [0, 0.05) is 11.6 Å². The van der Waals surface area contributed by atoms with Crippen molar-refractivity contribution in [2.75, 3.05) is 0 Å². The number of nitrogens with two attached hydrogens (primary N) is 1. The lowest BCUT2D eigenvalue weighted by Gasteiger charge is -2.17. The van der Waals surface area contributed by atoms with E-state index in [9.17, 15) is 13.2 Å². The number of hydrogen-bond acceptors (Lipinski definition) is 2. The van der Waals surface area contributed by atoms with Gasteiger partial charge in [0.1, 0.15) is 5.75 Å². The van der Waals surface area contributed by atoms with Crippen molar-refractivity contribution >= 4 is 12.4 Å². The van der Waals surface area contributed by atoms with Crippen molar-refractivity contribution in [2.45, 2.75) is 38.6 Å². The fourth-order valence-corrected chi connectivity index (χ4v) is 1.58. The van der Waals surface area contributed by atoms with Gasteiger partial charge in [0.05, 0.1) is 0 Å². The van der Waals surface area contributed by atoms with Gasteiger partial charge in [-0.15, -0.1) is 25.6 Å². The number of benzene rings is 1. The lowest BCUT2D eigenvalue weighted by Crippen LogP contribution is -2.20. The highest BCUT2D eigenvalue weighted by molar-refractivity contribution is 5.85. The zero-order valence-corrected chi connectivity index (χ0v) is 10.9. The average Bonchev–Trinajstić information content (AvgIpc) is 2.24. The number of hydrogen-bond donors (Lipinski definition) is 1. The SMILES string of the molecule is CCCC[C@@H](N)c1ccccc1OC(F)(F)F.Cl. The first kappa shape index (κ1) is 17.1. The molecule has 0 heterocycles. The van der Waals surface area contributed by atoms with Crippen LogP contribution in [0.3, 0.4) is 0 Å². The maximum absolute atomic E-state index is 12.2. The van der Waals surface area contributed by atoms with E-state index in [1.807, 2.05) is 6.92 Å². The highest BCUT2D eigenvalue weighted by Crippen LogP contribution is 2.31. The Balaban J connectivity index is 0.00000289. The van der Waals surface area contributed by atoms with Crippen LogP contribution in [-0.4, -0.2) is 6.36 Å². The van der Waals surface area contributed by atoms with Crippen LogP contribution < -0.4 is 10.5 Å². The Bertz CT molecular complexity index is 357. The normalized spacial score (nSPS) is 12.7. The number of unbranched alkanes of at least 4 members (excludes halogenated alkanes) is 1. The molecule has 2 nitrogen and oxygen atoms in total. The van der Waals surface area contributed by atoms with Crippen molar-refractivity contribution < 1.29 is 17.9 Å². The van der Waals surface area contributed by atoms with Crippen LogP contribution in [0.15, 0.2) is 24.3 Å². The standard InChI is InChI=1S/C12H16F3NO.ClH/c1-2-3-7-10(16)9-6-4-5-8-11(9)17-12(13,14)15;/h4-6,8,10H,2-3,7,16H2,1H3;1H/t10-;/m1./s1. The molecule has 18 heavy (non-hydrogen) atoms. The second-order valence-electron chi connectivity index (χ2n) is 3.83. The molecule has 0 fully saturated rings. The Hall–Kier alpha value is -0.940. The van der Waals surface area contributed by atoms with Crippen LogP contribution in [0.1, 0.15) is 37.8 Å². The maximum atomic E-state index is 12.2. The second kappa shape index (κ2) is 7.48. The summed E-state index contributed by atoms with van der Waals surface area (Å²) >= 11 is 0. The molecule has 0 aliphatic heterocycles. The van der Waals surface area contributed by atoms with Gasteiger partial charge in [-0.05, 0) is 12.5 Å². The van der Waals surface area contributed by atoms with Gasteiger partial charge in [-0.25, -0.2) is 0 Å². The summed E-state index contributed by atoms with van der Waals surface area (Å²) < 4.78 is 40.5. The number of para-hydroxylation sites is 1. The molecule has 1 rings (SSSR count). The molecule has 0 aliphatic carbocycles. The summed E-state index contributed by atoms with van der Waals surface area (Å²) in [6.07, 6.45) is -2.20. The first-order chi connectivity index (χ1) is 7.94. The predicted octanol–water partition coefficient (Wildman–Crippen LogP) is 4.20. The van der Waals surface area contributed by atoms with Crippen molar-refractivity contribution in [3.63, 3.8) is 0 Å². The van der Waals surface area contributed by atoms with Gasteiger partial charge in [-0.3, -0.25) is 0 Å². The molecule has 0 saturated heterocycles. The van der Waals surface area contributed by atoms with Gasteiger partial charge in [0.15, 0.2) is 0 Å². The van der Waals surface area contributed by atoms with Crippen molar-refractivity contribution in [3.8, 4) is 5.75 Å². The summed E-state index contributed by atoms with van der Waals surface area (Å²) in [5.74, 6) is -0.205. The highest BCUT2D eigenvalue weighted by Gasteiger charge is 2.32. The molecule has 104 valence electrons. The first-order valence-electron chi connectivity index (χ1n) is 5.54. The minimum atomic E-state index is -4.68. The minimum Gasteiger partial charge on any atom is -0.405 e. The van der Waals surface area contributed by atoms with E-state index in [1.54, 1.807) is 12.1 Å². The minimum absolute atomic E-state index is 0. The Morgan fingerprint density at radius 2 is 1.89 bits per heavy atom. The molecular weight excluding hydrogens is 267 g/mol. The van der Waals surface area contributed by atoms with Gasteiger partial charge in [0.25, 0.3) is 0 Å². The molecule has 0 saturated carbocycles. The van der Waals surface area contributed by atoms with Gasteiger partial charge >= 0.3 is 6.36 Å². The molecule has 0 bridgehead atoms. The molecule has 0 spiro atoms. The van der Waals surface area contributed by atoms with Gasteiger partial charge in [0.2, 0.25) is 0 Å². The van der Waals surface area contributed by atoms with E-state index < -0.39 is 12.4 Å². The van der Waals surface area contributed by atoms with Crippen molar-refractivity contribution in [3.05, 3.63) is 29.8 Å². The summed E-state index contributed by atoms with van der Waals surface area (Å²) in [5, 5.41) is 0. The van der Waals surface area contributed by atoms with Gasteiger partial charge in [-0.2, -0.15) is 0 Å². The molecule has 1 atom stereocenters. The van der Waals surface area contributed by atoms with Crippen molar-refractivity contribution in [1.29, 1.82) is 0 Å². The molecule has 2 N–H and O–H groups in total. The summed E-state index contributed by atoms with van der Waals surface area (Å²) in [7, 11) is 0. The molecule has 1 aromatic rings. The van der Waals surface area contributed by atoms with Crippen LogP contribution in [0.25, 0.3) is 0 Å². The van der Waals surface area contributed by atoms with Crippen LogP contribution in [0.4, 0.5) is 13.2 Å². The lowest BCUT2D eigenvalue weighted by atomic mass is 10.0. The van der Waals surface area contributed by atoms with E-state index in [2.05, 4.69) is 4.74 Å². The quantitative estimate of drug-likeness (QED) is 0.879. The van der Waals surface area contributed by atoms with E-state index in [4.69, 9.17) is 5.73 Å². The highest BCUT2D eigenvalue weighted by atomic mass is 35.5. The number of alkyl halides is 3. The molecule has 0 radical (unpaired) electrons. The van der Waals surface area contributed by atoms with Crippen molar-refractivity contribution in [1.82, 2.24) is 0 Å². The van der Waals surface area contributed by atoms with E-state index >= 15 is 0 Å². The van der Waals surface area contributed by atoms with Crippen LogP contribution in [0.5, 0.6) is 5.75 Å².